The van der Waals surface area contributed by atoms with Crippen molar-refractivity contribution in [2.24, 2.45) is 5.92 Å². The van der Waals surface area contributed by atoms with Gasteiger partial charge in [0.2, 0.25) is 0 Å². The Morgan fingerprint density at radius 3 is 2.95 bits per heavy atom. The van der Waals surface area contributed by atoms with E-state index in [9.17, 15) is 4.79 Å². The molecule has 1 unspecified atom stereocenters. The van der Waals surface area contributed by atoms with E-state index in [2.05, 4.69) is 15.9 Å². The topological polar surface area (TPSA) is 38.8 Å². The number of likely N-dealkylation sites (tertiary alicyclic amines) is 1. The highest BCUT2D eigenvalue weighted by atomic mass is 79.9. The summed E-state index contributed by atoms with van der Waals surface area (Å²) in [6.45, 7) is 2.26. The van der Waals surface area contributed by atoms with Gasteiger partial charge in [-0.05, 0) is 40.5 Å². The highest BCUT2D eigenvalue weighted by Gasteiger charge is 2.27. The SMILES string of the molecule is COCC1CCN(C(=O)c2cc(OC)ccc2Br)C1. The molecule has 1 aliphatic heterocycles. The highest BCUT2D eigenvalue weighted by molar-refractivity contribution is 9.10. The zero-order valence-corrected chi connectivity index (χ0v) is 12.8. The normalized spacial score (nSPS) is 18.7. The minimum Gasteiger partial charge on any atom is -0.497 e. The van der Waals surface area contributed by atoms with Gasteiger partial charge in [0.25, 0.3) is 5.91 Å². The Balaban J connectivity index is 2.12. The molecule has 1 heterocycles. The van der Waals surface area contributed by atoms with Gasteiger partial charge in [0, 0.05) is 30.6 Å². The van der Waals surface area contributed by atoms with E-state index in [-0.39, 0.29) is 5.91 Å². The number of carbonyl (C=O) groups is 1. The van der Waals surface area contributed by atoms with E-state index in [1.165, 1.54) is 0 Å². The van der Waals surface area contributed by atoms with Crippen molar-refractivity contribution >= 4 is 21.8 Å². The molecule has 0 aliphatic carbocycles. The van der Waals surface area contributed by atoms with E-state index in [0.717, 1.165) is 24.0 Å². The Morgan fingerprint density at radius 1 is 1.47 bits per heavy atom. The number of halogens is 1. The summed E-state index contributed by atoms with van der Waals surface area (Å²) in [5, 5.41) is 0. The molecule has 1 aliphatic rings. The lowest BCUT2D eigenvalue weighted by molar-refractivity contribution is 0.0774. The largest absolute Gasteiger partial charge is 0.497 e. The van der Waals surface area contributed by atoms with Gasteiger partial charge in [0.15, 0.2) is 0 Å². The fraction of sp³-hybridized carbons (Fsp3) is 0.500. The standard InChI is InChI=1S/C14H18BrNO3/c1-18-9-10-5-6-16(8-10)14(17)12-7-11(19-2)3-4-13(12)15/h3-4,7,10H,5-6,8-9H2,1-2H3. The molecular formula is C14H18BrNO3. The molecule has 19 heavy (non-hydrogen) atoms. The molecule has 5 heteroatoms. The first kappa shape index (κ1) is 14.3. The van der Waals surface area contributed by atoms with Crippen molar-refractivity contribution in [1.29, 1.82) is 0 Å². The number of carbonyl (C=O) groups excluding carboxylic acids is 1. The third-order valence-corrected chi connectivity index (χ3v) is 4.07. The van der Waals surface area contributed by atoms with Crippen molar-refractivity contribution in [3.05, 3.63) is 28.2 Å². The van der Waals surface area contributed by atoms with Gasteiger partial charge in [-0.2, -0.15) is 0 Å². The van der Waals surface area contributed by atoms with Crippen LogP contribution in [0, 0.1) is 5.92 Å². The second-order valence-electron chi connectivity index (χ2n) is 4.71. The van der Waals surface area contributed by atoms with E-state index in [4.69, 9.17) is 9.47 Å². The number of ether oxygens (including phenoxy) is 2. The first-order chi connectivity index (χ1) is 9.15. The van der Waals surface area contributed by atoms with Crippen LogP contribution in [0.4, 0.5) is 0 Å². The average Bonchev–Trinajstić information content (AvgIpc) is 2.88. The average molecular weight is 328 g/mol. The first-order valence-corrected chi connectivity index (χ1v) is 7.06. The van der Waals surface area contributed by atoms with E-state index in [0.29, 0.717) is 23.8 Å². The van der Waals surface area contributed by atoms with Crippen LogP contribution in [0.25, 0.3) is 0 Å². The monoisotopic (exact) mass is 327 g/mol. The fourth-order valence-electron chi connectivity index (χ4n) is 2.35. The lowest BCUT2D eigenvalue weighted by atomic mass is 10.1. The summed E-state index contributed by atoms with van der Waals surface area (Å²) in [6, 6.07) is 5.45. The molecule has 0 spiro atoms. The Bertz CT molecular complexity index is 464. The molecule has 1 aromatic rings. The molecule has 0 aromatic heterocycles. The van der Waals surface area contributed by atoms with Crippen LogP contribution in [-0.4, -0.2) is 44.7 Å². The third-order valence-electron chi connectivity index (χ3n) is 3.38. The van der Waals surface area contributed by atoms with Gasteiger partial charge in [-0.25, -0.2) is 0 Å². The van der Waals surface area contributed by atoms with Crippen LogP contribution in [0.1, 0.15) is 16.8 Å². The Morgan fingerprint density at radius 2 is 2.26 bits per heavy atom. The molecular weight excluding hydrogens is 310 g/mol. The summed E-state index contributed by atoms with van der Waals surface area (Å²) >= 11 is 3.43. The molecule has 1 atom stereocenters. The fourth-order valence-corrected chi connectivity index (χ4v) is 2.77. The van der Waals surface area contributed by atoms with Crippen molar-refractivity contribution in [2.75, 3.05) is 33.9 Å². The highest BCUT2D eigenvalue weighted by Crippen LogP contribution is 2.26. The zero-order chi connectivity index (χ0) is 13.8. The number of hydrogen-bond donors (Lipinski definition) is 0. The zero-order valence-electron chi connectivity index (χ0n) is 11.2. The molecule has 2 rings (SSSR count). The summed E-state index contributed by atoms with van der Waals surface area (Å²) in [7, 11) is 3.30. The summed E-state index contributed by atoms with van der Waals surface area (Å²) in [5.41, 5.74) is 0.650. The van der Waals surface area contributed by atoms with Gasteiger partial charge in [-0.15, -0.1) is 0 Å². The van der Waals surface area contributed by atoms with Crippen LogP contribution < -0.4 is 4.74 Å². The van der Waals surface area contributed by atoms with Gasteiger partial charge < -0.3 is 14.4 Å². The molecule has 4 nitrogen and oxygen atoms in total. The molecule has 104 valence electrons. The van der Waals surface area contributed by atoms with Crippen LogP contribution in [0.15, 0.2) is 22.7 Å². The van der Waals surface area contributed by atoms with Gasteiger partial charge in [0.05, 0.1) is 19.3 Å². The maximum absolute atomic E-state index is 12.5. The second kappa shape index (κ2) is 6.39. The Hall–Kier alpha value is -1.07. The third kappa shape index (κ3) is 3.28. The summed E-state index contributed by atoms with van der Waals surface area (Å²) in [5.74, 6) is 1.18. The quantitative estimate of drug-likeness (QED) is 0.853. The number of amides is 1. The van der Waals surface area contributed by atoms with Crippen LogP contribution in [-0.2, 0) is 4.74 Å². The van der Waals surface area contributed by atoms with Gasteiger partial charge in [-0.3, -0.25) is 4.79 Å². The Kier molecular flexibility index (Phi) is 4.82. The molecule has 1 fully saturated rings. The molecule has 1 amide bonds. The molecule has 0 N–H and O–H groups in total. The summed E-state index contributed by atoms with van der Waals surface area (Å²) in [6.07, 6.45) is 1.00. The molecule has 0 saturated carbocycles. The maximum atomic E-state index is 12.5. The molecule has 0 bridgehead atoms. The summed E-state index contributed by atoms with van der Waals surface area (Å²) in [4.78, 5) is 14.4. The lowest BCUT2D eigenvalue weighted by Crippen LogP contribution is -2.29. The predicted molar refractivity (Wildman–Crippen MR) is 76.6 cm³/mol. The Labute approximate surface area is 121 Å². The van der Waals surface area contributed by atoms with E-state index < -0.39 is 0 Å². The van der Waals surface area contributed by atoms with Crippen molar-refractivity contribution in [3.63, 3.8) is 0 Å². The molecule has 1 saturated heterocycles. The predicted octanol–water partition coefficient (Wildman–Crippen LogP) is 2.57. The number of methoxy groups -OCH3 is 2. The number of benzene rings is 1. The number of nitrogens with zero attached hydrogens (tertiary/aromatic N) is 1. The van der Waals surface area contributed by atoms with Crippen molar-refractivity contribution in [1.82, 2.24) is 4.90 Å². The first-order valence-electron chi connectivity index (χ1n) is 6.27. The molecule has 0 radical (unpaired) electrons. The maximum Gasteiger partial charge on any atom is 0.255 e. The summed E-state index contributed by atoms with van der Waals surface area (Å²) < 4.78 is 11.1. The van der Waals surface area contributed by atoms with Gasteiger partial charge in [-0.1, -0.05) is 0 Å². The number of rotatable bonds is 4. The van der Waals surface area contributed by atoms with Crippen molar-refractivity contribution in [3.8, 4) is 5.75 Å². The van der Waals surface area contributed by atoms with Crippen molar-refractivity contribution in [2.45, 2.75) is 6.42 Å². The van der Waals surface area contributed by atoms with Crippen molar-refractivity contribution < 1.29 is 14.3 Å². The van der Waals surface area contributed by atoms with Crippen LogP contribution in [0.2, 0.25) is 0 Å². The van der Waals surface area contributed by atoms with E-state index >= 15 is 0 Å². The number of hydrogen-bond acceptors (Lipinski definition) is 3. The molecule has 1 aromatic carbocycles. The van der Waals surface area contributed by atoms with E-state index in [1.807, 2.05) is 17.0 Å². The minimum absolute atomic E-state index is 0.0457. The minimum atomic E-state index is 0.0457. The van der Waals surface area contributed by atoms with Crippen LogP contribution in [0.3, 0.4) is 0 Å². The lowest BCUT2D eigenvalue weighted by Gasteiger charge is -2.17. The smallest absolute Gasteiger partial charge is 0.255 e. The second-order valence-corrected chi connectivity index (χ2v) is 5.56. The van der Waals surface area contributed by atoms with Gasteiger partial charge in [0.1, 0.15) is 5.75 Å². The van der Waals surface area contributed by atoms with Crippen LogP contribution >= 0.6 is 15.9 Å². The van der Waals surface area contributed by atoms with Crippen LogP contribution in [0.5, 0.6) is 5.75 Å². The van der Waals surface area contributed by atoms with E-state index in [1.54, 1.807) is 20.3 Å². The van der Waals surface area contributed by atoms with Gasteiger partial charge >= 0.3 is 0 Å².